The summed E-state index contributed by atoms with van der Waals surface area (Å²) in [6, 6.07) is 19.5. The van der Waals surface area contributed by atoms with Gasteiger partial charge in [0.05, 0.1) is 13.0 Å². The Labute approximate surface area is 204 Å². The number of rotatable bonds is 6. The molecule has 2 atom stereocenters. The van der Waals surface area contributed by atoms with E-state index < -0.39 is 21.9 Å². The van der Waals surface area contributed by atoms with Crippen molar-refractivity contribution < 1.29 is 23.1 Å². The van der Waals surface area contributed by atoms with Gasteiger partial charge in [0.2, 0.25) is 10.0 Å². The van der Waals surface area contributed by atoms with E-state index in [1.165, 1.54) is 4.31 Å². The molecule has 6 nitrogen and oxygen atoms in total. The minimum Gasteiger partial charge on any atom is -0.488 e. The van der Waals surface area contributed by atoms with Crippen LogP contribution >= 0.6 is 11.6 Å². The number of nitrogens with zero attached hydrogens (tertiary/aromatic N) is 1. The molecule has 0 radical (unpaired) electrons. The van der Waals surface area contributed by atoms with Crippen molar-refractivity contribution in [2.45, 2.75) is 43.7 Å². The van der Waals surface area contributed by atoms with Gasteiger partial charge in [0.15, 0.2) is 0 Å². The second-order valence-corrected chi connectivity index (χ2v) is 10.9. The molecule has 8 heteroatoms. The van der Waals surface area contributed by atoms with Gasteiger partial charge < -0.3 is 9.84 Å². The summed E-state index contributed by atoms with van der Waals surface area (Å²) in [4.78, 5) is 11.8. The van der Waals surface area contributed by atoms with E-state index in [9.17, 15) is 18.3 Å². The van der Waals surface area contributed by atoms with Crippen molar-refractivity contribution in [2.75, 3.05) is 6.54 Å². The molecule has 178 valence electrons. The first-order valence-electron chi connectivity index (χ1n) is 11.0. The molecule has 0 fully saturated rings. The smallest absolute Gasteiger partial charge is 0.304 e. The van der Waals surface area contributed by atoms with Crippen LogP contribution in [0.4, 0.5) is 0 Å². The van der Waals surface area contributed by atoms with E-state index in [-0.39, 0.29) is 30.5 Å². The maximum Gasteiger partial charge on any atom is 0.304 e. The van der Waals surface area contributed by atoms with Gasteiger partial charge in [-0.05, 0) is 60.4 Å². The molecule has 0 aliphatic carbocycles. The normalized spacial score (nSPS) is 18.4. The van der Waals surface area contributed by atoms with Gasteiger partial charge in [-0.1, -0.05) is 54.1 Å². The Morgan fingerprint density at radius 3 is 2.50 bits per heavy atom. The van der Waals surface area contributed by atoms with Gasteiger partial charge in [0.1, 0.15) is 16.7 Å². The largest absolute Gasteiger partial charge is 0.488 e. The van der Waals surface area contributed by atoms with E-state index in [0.717, 1.165) is 22.3 Å². The number of sulfonamides is 1. The van der Waals surface area contributed by atoms with E-state index in [2.05, 4.69) is 0 Å². The third kappa shape index (κ3) is 5.12. The molecule has 0 amide bonds. The van der Waals surface area contributed by atoms with Gasteiger partial charge in [-0.15, -0.1) is 0 Å². The van der Waals surface area contributed by atoms with E-state index >= 15 is 0 Å². The van der Waals surface area contributed by atoms with Crippen molar-refractivity contribution in [2.24, 2.45) is 0 Å². The number of carboxylic acid groups (broad SMARTS) is 1. The molecule has 3 aromatic rings. The number of aliphatic carboxylic acids is 1. The molecule has 4 rings (SSSR count). The van der Waals surface area contributed by atoms with Crippen molar-refractivity contribution in [1.82, 2.24) is 4.31 Å². The topological polar surface area (TPSA) is 83.9 Å². The quantitative estimate of drug-likeness (QED) is 0.502. The highest BCUT2D eigenvalue weighted by atomic mass is 35.5. The highest BCUT2D eigenvalue weighted by Gasteiger charge is 2.33. The van der Waals surface area contributed by atoms with E-state index in [1.54, 1.807) is 36.4 Å². The summed E-state index contributed by atoms with van der Waals surface area (Å²) in [6.45, 7) is 4.13. The second kappa shape index (κ2) is 9.78. The van der Waals surface area contributed by atoms with Crippen LogP contribution in [-0.4, -0.2) is 36.4 Å². The van der Waals surface area contributed by atoms with Gasteiger partial charge in [0, 0.05) is 17.5 Å². The average molecular weight is 500 g/mol. The summed E-state index contributed by atoms with van der Waals surface area (Å²) in [5.74, 6) is -0.954. The lowest BCUT2D eigenvalue weighted by Crippen LogP contribution is -2.35. The predicted molar refractivity (Wildman–Crippen MR) is 131 cm³/mol. The van der Waals surface area contributed by atoms with Gasteiger partial charge >= 0.3 is 5.97 Å². The Hall–Kier alpha value is -2.87. The Kier molecular flexibility index (Phi) is 6.98. The van der Waals surface area contributed by atoms with Crippen LogP contribution in [0.3, 0.4) is 0 Å². The molecule has 1 unspecified atom stereocenters. The van der Waals surface area contributed by atoms with E-state index in [4.69, 9.17) is 16.3 Å². The lowest BCUT2D eigenvalue weighted by molar-refractivity contribution is -0.137. The van der Waals surface area contributed by atoms with Crippen molar-refractivity contribution in [1.29, 1.82) is 0 Å². The fourth-order valence-electron chi connectivity index (χ4n) is 4.25. The van der Waals surface area contributed by atoms with E-state index in [1.807, 2.05) is 44.2 Å². The zero-order valence-electron chi connectivity index (χ0n) is 18.9. The first kappa shape index (κ1) is 24.3. The van der Waals surface area contributed by atoms with Gasteiger partial charge in [-0.3, -0.25) is 4.79 Å². The standard InChI is InChI=1S/C26H26ClNO5S/c1-17-7-8-20(23(14-26(29)30)19-9-11-22(27)12-10-19)13-21(17)16-28-15-18(2)33-24-5-3-4-6-25(24)34(28,31)32/h3-13,18,23H,14-16H2,1-2H3,(H,29,30)/t18-,23?/m1/s1. The fraction of sp³-hybridized carbons (Fsp3) is 0.269. The molecule has 1 aliphatic rings. The molecule has 34 heavy (non-hydrogen) atoms. The number of ether oxygens (including phenoxy) is 1. The molecule has 1 heterocycles. The van der Waals surface area contributed by atoms with Gasteiger partial charge in [0.25, 0.3) is 0 Å². The average Bonchev–Trinajstić information content (AvgIpc) is 2.88. The Morgan fingerprint density at radius 1 is 1.12 bits per heavy atom. The van der Waals surface area contributed by atoms with Crippen LogP contribution in [-0.2, 0) is 21.4 Å². The van der Waals surface area contributed by atoms with Crippen LogP contribution in [0.1, 0.15) is 41.5 Å². The molecule has 0 saturated heterocycles. The number of para-hydroxylation sites is 1. The molecule has 0 bridgehead atoms. The van der Waals surface area contributed by atoms with Crippen molar-refractivity contribution in [3.8, 4) is 5.75 Å². The highest BCUT2D eigenvalue weighted by molar-refractivity contribution is 7.89. The zero-order valence-corrected chi connectivity index (χ0v) is 20.5. The Morgan fingerprint density at radius 2 is 1.79 bits per heavy atom. The summed E-state index contributed by atoms with van der Waals surface area (Å²) in [5, 5.41) is 10.1. The monoisotopic (exact) mass is 499 g/mol. The molecule has 1 aliphatic heterocycles. The van der Waals surface area contributed by atoms with Crippen LogP contribution in [0.25, 0.3) is 0 Å². The summed E-state index contributed by atoms with van der Waals surface area (Å²) in [5.41, 5.74) is 3.38. The van der Waals surface area contributed by atoms with Crippen LogP contribution in [0, 0.1) is 6.92 Å². The highest BCUT2D eigenvalue weighted by Crippen LogP contribution is 2.34. The fourth-order valence-corrected chi connectivity index (χ4v) is 5.99. The number of aryl methyl sites for hydroxylation is 1. The molecule has 0 aromatic heterocycles. The molecular formula is C26H26ClNO5S. The van der Waals surface area contributed by atoms with Gasteiger partial charge in [-0.25, -0.2) is 8.42 Å². The first-order valence-corrected chi connectivity index (χ1v) is 12.8. The number of fused-ring (bicyclic) bond motifs is 1. The summed E-state index contributed by atoms with van der Waals surface area (Å²) in [6.07, 6.45) is -0.416. The van der Waals surface area contributed by atoms with Crippen LogP contribution in [0.5, 0.6) is 5.75 Å². The third-order valence-corrected chi connectivity index (χ3v) is 8.13. The van der Waals surface area contributed by atoms with Crippen LogP contribution < -0.4 is 4.74 Å². The summed E-state index contributed by atoms with van der Waals surface area (Å²) >= 11 is 6.02. The number of hydrogen-bond donors (Lipinski definition) is 1. The third-order valence-electron chi connectivity index (χ3n) is 6.03. The molecule has 0 spiro atoms. The minimum absolute atomic E-state index is 0.0929. The minimum atomic E-state index is -3.78. The van der Waals surface area contributed by atoms with Crippen LogP contribution in [0.15, 0.2) is 71.6 Å². The van der Waals surface area contributed by atoms with Gasteiger partial charge in [-0.2, -0.15) is 4.31 Å². The predicted octanol–water partition coefficient (Wildman–Crippen LogP) is 5.23. The SMILES string of the molecule is Cc1ccc(C(CC(=O)O)c2ccc(Cl)cc2)cc1CN1C[C@@H](C)Oc2ccccc2S1(=O)=O. The number of hydrogen-bond acceptors (Lipinski definition) is 4. The first-order chi connectivity index (χ1) is 16.1. The van der Waals surface area contributed by atoms with Crippen molar-refractivity contribution in [3.05, 3.63) is 94.0 Å². The van der Waals surface area contributed by atoms with Crippen molar-refractivity contribution in [3.63, 3.8) is 0 Å². The lowest BCUT2D eigenvalue weighted by Gasteiger charge is -2.24. The molecule has 0 saturated carbocycles. The maximum absolute atomic E-state index is 13.5. The molecule has 1 N–H and O–H groups in total. The second-order valence-electron chi connectivity index (χ2n) is 8.56. The molecule has 3 aromatic carbocycles. The number of halogens is 1. The summed E-state index contributed by atoms with van der Waals surface area (Å²) < 4.78 is 34.2. The van der Waals surface area contributed by atoms with Crippen molar-refractivity contribution >= 4 is 27.6 Å². The lowest BCUT2D eigenvalue weighted by atomic mass is 9.87. The van der Waals surface area contributed by atoms with Crippen LogP contribution in [0.2, 0.25) is 5.02 Å². The molecular weight excluding hydrogens is 474 g/mol. The zero-order chi connectivity index (χ0) is 24.5. The van der Waals surface area contributed by atoms with E-state index in [0.29, 0.717) is 10.8 Å². The number of carbonyl (C=O) groups is 1. The maximum atomic E-state index is 13.5. The Balaban J connectivity index is 1.72. The number of benzene rings is 3. The number of carboxylic acids is 1. The Bertz CT molecular complexity index is 1310. The summed E-state index contributed by atoms with van der Waals surface area (Å²) in [7, 11) is -3.78.